The lowest BCUT2D eigenvalue weighted by Gasteiger charge is -2.36. The van der Waals surface area contributed by atoms with Crippen LogP contribution in [0.1, 0.15) is 153 Å². The van der Waals surface area contributed by atoms with E-state index in [0.29, 0.717) is 19.7 Å². The van der Waals surface area contributed by atoms with Gasteiger partial charge in [-0.3, -0.25) is 4.90 Å². The van der Waals surface area contributed by atoms with Gasteiger partial charge in [0.15, 0.2) is 0 Å². The summed E-state index contributed by atoms with van der Waals surface area (Å²) >= 11 is 0. The first-order chi connectivity index (χ1) is 24.6. The summed E-state index contributed by atoms with van der Waals surface area (Å²) in [6.45, 7) is 7.06. The molecule has 0 amide bonds. The SMILES string of the molecule is CCCCCCCCCCC(O)CN(CCCOC(c1ccccc1)(c1ccccc1)c1ccccc1)CC(O)CCCCCCCCCC. The summed E-state index contributed by atoms with van der Waals surface area (Å²) in [7, 11) is 0. The molecule has 2 atom stereocenters. The molecule has 0 radical (unpaired) electrons. The Labute approximate surface area is 306 Å². The van der Waals surface area contributed by atoms with Crippen LogP contribution in [0.4, 0.5) is 0 Å². The van der Waals surface area contributed by atoms with Crippen molar-refractivity contribution in [3.63, 3.8) is 0 Å². The molecule has 0 aromatic heterocycles. The molecule has 278 valence electrons. The Hall–Kier alpha value is -2.50. The molecule has 3 aromatic rings. The Kier molecular flexibility index (Phi) is 22.0. The normalized spacial score (nSPS) is 13.1. The van der Waals surface area contributed by atoms with Gasteiger partial charge in [-0.1, -0.05) is 208 Å². The quantitative estimate of drug-likeness (QED) is 0.0542. The van der Waals surface area contributed by atoms with Gasteiger partial charge >= 0.3 is 0 Å². The lowest BCUT2D eigenvalue weighted by molar-refractivity contribution is 0.00244. The van der Waals surface area contributed by atoms with Crippen molar-refractivity contribution in [3.05, 3.63) is 108 Å². The van der Waals surface area contributed by atoms with Crippen LogP contribution >= 0.6 is 0 Å². The van der Waals surface area contributed by atoms with Gasteiger partial charge in [0.2, 0.25) is 0 Å². The number of benzene rings is 3. The summed E-state index contributed by atoms with van der Waals surface area (Å²) < 4.78 is 7.05. The number of ether oxygens (including phenoxy) is 1. The maximum atomic E-state index is 11.1. The average molecular weight is 686 g/mol. The number of unbranched alkanes of at least 4 members (excludes halogenated alkanes) is 14. The fraction of sp³-hybridized carbons (Fsp3) is 0.609. The van der Waals surface area contributed by atoms with Crippen molar-refractivity contribution >= 4 is 0 Å². The van der Waals surface area contributed by atoms with E-state index in [9.17, 15) is 10.2 Å². The molecule has 0 aliphatic rings. The van der Waals surface area contributed by atoms with E-state index in [-0.39, 0.29) is 12.2 Å². The molecule has 0 bridgehead atoms. The highest BCUT2D eigenvalue weighted by atomic mass is 16.5. The van der Waals surface area contributed by atoms with Crippen LogP contribution in [0.25, 0.3) is 0 Å². The predicted octanol–water partition coefficient (Wildman–Crippen LogP) is 11.5. The summed E-state index contributed by atoms with van der Waals surface area (Å²) in [6.07, 6.45) is 22.0. The molecule has 0 fully saturated rings. The molecule has 0 saturated heterocycles. The molecule has 4 nitrogen and oxygen atoms in total. The van der Waals surface area contributed by atoms with Crippen LogP contribution in [-0.4, -0.2) is 53.6 Å². The van der Waals surface area contributed by atoms with Crippen molar-refractivity contribution in [2.45, 2.75) is 154 Å². The lowest BCUT2D eigenvalue weighted by atomic mass is 9.80. The Bertz CT molecular complexity index is 1060. The van der Waals surface area contributed by atoms with E-state index < -0.39 is 5.60 Å². The number of aliphatic hydroxyl groups is 2. The highest BCUT2D eigenvalue weighted by Crippen LogP contribution is 2.40. The molecule has 0 spiro atoms. The summed E-state index contributed by atoms with van der Waals surface area (Å²) in [5, 5.41) is 22.2. The van der Waals surface area contributed by atoms with Crippen molar-refractivity contribution < 1.29 is 14.9 Å². The summed E-state index contributed by atoms with van der Waals surface area (Å²) in [5.74, 6) is 0. The summed E-state index contributed by atoms with van der Waals surface area (Å²) in [5.41, 5.74) is 2.59. The minimum atomic E-state index is -0.735. The Morgan fingerprint density at radius 2 is 0.820 bits per heavy atom. The van der Waals surface area contributed by atoms with Crippen molar-refractivity contribution in [1.29, 1.82) is 0 Å². The molecule has 0 saturated carbocycles. The van der Waals surface area contributed by atoms with E-state index in [4.69, 9.17) is 4.74 Å². The van der Waals surface area contributed by atoms with Gasteiger partial charge < -0.3 is 14.9 Å². The van der Waals surface area contributed by atoms with E-state index in [2.05, 4.69) is 110 Å². The number of aliphatic hydroxyl groups excluding tert-OH is 2. The van der Waals surface area contributed by atoms with Gasteiger partial charge in [-0.2, -0.15) is 0 Å². The van der Waals surface area contributed by atoms with E-state index in [1.165, 1.54) is 89.9 Å². The van der Waals surface area contributed by atoms with Crippen molar-refractivity contribution in [2.24, 2.45) is 0 Å². The van der Waals surface area contributed by atoms with E-state index >= 15 is 0 Å². The average Bonchev–Trinajstić information content (AvgIpc) is 3.15. The Morgan fingerprint density at radius 3 is 1.18 bits per heavy atom. The number of nitrogens with zero attached hydrogens (tertiary/aromatic N) is 1. The minimum Gasteiger partial charge on any atom is -0.392 e. The topological polar surface area (TPSA) is 52.9 Å². The smallest absolute Gasteiger partial charge is 0.143 e. The number of hydrogen-bond donors (Lipinski definition) is 2. The van der Waals surface area contributed by atoms with Crippen LogP contribution in [0.3, 0.4) is 0 Å². The van der Waals surface area contributed by atoms with Gasteiger partial charge in [0.25, 0.3) is 0 Å². The van der Waals surface area contributed by atoms with Gasteiger partial charge in [0.1, 0.15) is 5.60 Å². The van der Waals surface area contributed by atoms with Crippen LogP contribution in [0.15, 0.2) is 91.0 Å². The van der Waals surface area contributed by atoms with E-state index in [1.54, 1.807) is 0 Å². The van der Waals surface area contributed by atoms with Crippen molar-refractivity contribution in [2.75, 3.05) is 26.2 Å². The molecule has 3 rings (SSSR count). The molecule has 4 heteroatoms. The maximum absolute atomic E-state index is 11.1. The van der Waals surface area contributed by atoms with E-state index in [0.717, 1.165) is 55.3 Å². The largest absolute Gasteiger partial charge is 0.392 e. The zero-order chi connectivity index (χ0) is 35.5. The molecule has 3 aromatic carbocycles. The molecule has 2 unspecified atom stereocenters. The first-order valence-electron chi connectivity index (χ1n) is 20.5. The predicted molar refractivity (Wildman–Crippen MR) is 213 cm³/mol. The lowest BCUT2D eigenvalue weighted by Crippen LogP contribution is -2.39. The first kappa shape index (κ1) is 41.9. The highest BCUT2D eigenvalue weighted by Gasteiger charge is 2.37. The standard InChI is InChI=1S/C46H71NO3/c1-3-5-7-9-11-13-15-26-35-44(48)39-47(40-45(49)36-27-16-14-12-10-8-6-4-2)37-28-38-50-46(41-29-20-17-21-30-41,42-31-22-18-23-32-42)43-33-24-19-25-34-43/h17-25,29-34,44-45,48-49H,3-16,26-28,35-40H2,1-2H3. The molecule has 50 heavy (non-hydrogen) atoms. The maximum Gasteiger partial charge on any atom is 0.143 e. The van der Waals surface area contributed by atoms with Crippen molar-refractivity contribution in [3.8, 4) is 0 Å². The molecule has 0 heterocycles. The third-order valence-corrected chi connectivity index (χ3v) is 10.2. The van der Waals surface area contributed by atoms with Gasteiger partial charge in [-0.15, -0.1) is 0 Å². The van der Waals surface area contributed by atoms with Gasteiger partial charge in [-0.25, -0.2) is 0 Å². The van der Waals surface area contributed by atoms with Gasteiger partial charge in [-0.05, 0) is 36.0 Å². The molecule has 0 aliphatic heterocycles. The second-order valence-corrected chi connectivity index (χ2v) is 14.6. The van der Waals surface area contributed by atoms with Crippen LogP contribution in [0, 0.1) is 0 Å². The molecular formula is C46H71NO3. The second kappa shape index (κ2) is 26.3. The monoisotopic (exact) mass is 686 g/mol. The molecule has 0 aliphatic carbocycles. The van der Waals surface area contributed by atoms with Gasteiger partial charge in [0.05, 0.1) is 12.2 Å². The van der Waals surface area contributed by atoms with Crippen LogP contribution in [0.5, 0.6) is 0 Å². The summed E-state index contributed by atoms with van der Waals surface area (Å²) in [6, 6.07) is 31.7. The highest BCUT2D eigenvalue weighted by molar-refractivity contribution is 5.47. The Balaban J connectivity index is 1.61. The van der Waals surface area contributed by atoms with Gasteiger partial charge in [0, 0.05) is 26.2 Å². The second-order valence-electron chi connectivity index (χ2n) is 14.6. The third-order valence-electron chi connectivity index (χ3n) is 10.2. The molecule has 2 N–H and O–H groups in total. The summed E-state index contributed by atoms with van der Waals surface area (Å²) in [4.78, 5) is 2.30. The van der Waals surface area contributed by atoms with Crippen LogP contribution in [0.2, 0.25) is 0 Å². The van der Waals surface area contributed by atoms with Crippen LogP contribution < -0.4 is 0 Å². The fourth-order valence-corrected chi connectivity index (χ4v) is 7.35. The Morgan fingerprint density at radius 1 is 0.480 bits per heavy atom. The number of rotatable bonds is 30. The number of hydrogen-bond acceptors (Lipinski definition) is 4. The van der Waals surface area contributed by atoms with E-state index in [1.807, 2.05) is 0 Å². The van der Waals surface area contributed by atoms with Crippen LogP contribution in [-0.2, 0) is 10.3 Å². The zero-order valence-electron chi connectivity index (χ0n) is 31.8. The molecular weight excluding hydrogens is 615 g/mol. The first-order valence-corrected chi connectivity index (χ1v) is 20.5. The third kappa shape index (κ3) is 15.8. The minimum absolute atomic E-state index is 0.372. The zero-order valence-corrected chi connectivity index (χ0v) is 31.8. The van der Waals surface area contributed by atoms with Crippen molar-refractivity contribution in [1.82, 2.24) is 4.90 Å². The fourth-order valence-electron chi connectivity index (χ4n) is 7.35.